The molecule has 0 bridgehead atoms. The van der Waals surface area contributed by atoms with Gasteiger partial charge in [-0.1, -0.05) is 26.7 Å². The van der Waals surface area contributed by atoms with Crippen LogP contribution in [-0.2, 0) is 34.8 Å². The van der Waals surface area contributed by atoms with Gasteiger partial charge in [-0.25, -0.2) is 0 Å². The fourth-order valence-corrected chi connectivity index (χ4v) is 3.08. The molecule has 0 saturated carbocycles. The van der Waals surface area contributed by atoms with E-state index in [9.17, 15) is 0 Å². The second-order valence-electron chi connectivity index (χ2n) is 6.86. The van der Waals surface area contributed by atoms with Crippen LogP contribution in [-0.4, -0.2) is 68.9 Å². The number of hydrogen-bond acceptors (Lipinski definition) is 7. The van der Waals surface area contributed by atoms with Gasteiger partial charge in [-0.05, 0) is 49.9 Å². The third-order valence-corrected chi connectivity index (χ3v) is 5.27. The van der Waals surface area contributed by atoms with Crippen molar-refractivity contribution in [3.63, 3.8) is 0 Å². The fourth-order valence-electron chi connectivity index (χ4n) is 2.72. The summed E-state index contributed by atoms with van der Waals surface area (Å²) in [6, 6.07) is 4.12. The third kappa shape index (κ3) is 13.3. The molecule has 1 aromatic carbocycles. The van der Waals surface area contributed by atoms with E-state index >= 15 is 0 Å². The van der Waals surface area contributed by atoms with E-state index in [1.807, 2.05) is 19.9 Å². The second-order valence-corrected chi connectivity index (χ2v) is 7.72. The minimum atomic E-state index is -0.178. The molecule has 1 heterocycles. The minimum Gasteiger partial charge on any atom is -0.484 e. The van der Waals surface area contributed by atoms with E-state index in [-0.39, 0.29) is 15.9 Å². The zero-order chi connectivity index (χ0) is 22.6. The van der Waals surface area contributed by atoms with Crippen molar-refractivity contribution in [3.05, 3.63) is 23.3 Å². The smallest absolute Gasteiger partial charge is 0.484 e. The number of aryl methyl sites for hydroxylation is 1. The average Bonchev–Trinajstić information content (AvgIpc) is 3.23. The molecule has 0 fully saturated rings. The lowest BCUT2D eigenvalue weighted by atomic mass is 10.0. The molecule has 0 unspecified atom stereocenters. The normalized spacial score (nSPS) is 11.9. The first-order valence-corrected chi connectivity index (χ1v) is 12.4. The zero-order valence-corrected chi connectivity index (χ0v) is 20.9. The molecule has 0 atom stereocenters. The highest BCUT2D eigenvalue weighted by atomic mass is 27.2. The van der Waals surface area contributed by atoms with Crippen molar-refractivity contribution in [2.75, 3.05) is 53.0 Å². The van der Waals surface area contributed by atoms with Crippen LogP contribution in [0.4, 0.5) is 0 Å². The van der Waals surface area contributed by atoms with Gasteiger partial charge in [-0.3, -0.25) is 0 Å². The molecule has 7 nitrogen and oxygen atoms in total. The quantitative estimate of drug-likeness (QED) is 0.256. The topological polar surface area (TPSA) is 64.6 Å². The molecule has 1 aliphatic heterocycles. The SMILES string of the molecule is CCCCOCCOCCOCc1cc2c(cc1CCC)OCO2.CC[O][Al][O]CC. The van der Waals surface area contributed by atoms with Gasteiger partial charge in [0.1, 0.15) is 0 Å². The molecular formula is C23H40AlO7. The molecule has 0 aliphatic carbocycles. The predicted molar refractivity (Wildman–Crippen MR) is 122 cm³/mol. The van der Waals surface area contributed by atoms with Gasteiger partial charge < -0.3 is 31.3 Å². The van der Waals surface area contributed by atoms with Crippen LogP contribution in [0, 0.1) is 0 Å². The van der Waals surface area contributed by atoms with E-state index < -0.39 is 0 Å². The van der Waals surface area contributed by atoms with Crippen LogP contribution in [0.3, 0.4) is 0 Å². The molecule has 0 saturated heterocycles. The standard InChI is InChI=1S/C19H30O5.2C2H5O.Al/c1-3-5-7-20-8-9-21-10-11-22-14-17-13-19-18(23-15-24-19)12-16(17)6-4-2;2*1-2-3;/h12-13H,3-11,14-15H2,1-2H3;2*2H2,1H3;/q;2*-1;+2. The van der Waals surface area contributed by atoms with Gasteiger partial charge in [0.15, 0.2) is 11.5 Å². The molecule has 1 radical (unpaired) electrons. The van der Waals surface area contributed by atoms with E-state index in [1.165, 1.54) is 11.1 Å². The Balaban J connectivity index is 0.000000592. The number of rotatable bonds is 17. The zero-order valence-electron chi connectivity index (χ0n) is 19.8. The van der Waals surface area contributed by atoms with E-state index in [4.69, 9.17) is 31.3 Å². The maximum absolute atomic E-state index is 5.75. The molecule has 0 amide bonds. The molecule has 31 heavy (non-hydrogen) atoms. The number of fused-ring (bicyclic) bond motifs is 1. The molecule has 8 heteroatoms. The molecule has 1 aromatic rings. The lowest BCUT2D eigenvalue weighted by molar-refractivity contribution is 0.0101. The molecule has 177 valence electrons. The summed E-state index contributed by atoms with van der Waals surface area (Å²) in [7, 11) is 0. The van der Waals surface area contributed by atoms with Gasteiger partial charge in [0.2, 0.25) is 6.79 Å². The summed E-state index contributed by atoms with van der Waals surface area (Å²) < 4.78 is 37.5. The van der Waals surface area contributed by atoms with Crippen molar-refractivity contribution < 1.29 is 31.3 Å². The summed E-state index contributed by atoms with van der Waals surface area (Å²) >= 11 is -0.178. The fraction of sp³-hybridized carbons (Fsp3) is 0.739. The molecule has 1 aliphatic rings. The highest BCUT2D eigenvalue weighted by molar-refractivity contribution is 6.17. The summed E-state index contributed by atoms with van der Waals surface area (Å²) in [5, 5.41) is 0. The lowest BCUT2D eigenvalue weighted by Gasteiger charge is -2.11. The van der Waals surface area contributed by atoms with Crippen LogP contribution >= 0.6 is 0 Å². The first-order chi connectivity index (χ1) is 15.3. The van der Waals surface area contributed by atoms with E-state index in [0.29, 0.717) is 39.8 Å². The van der Waals surface area contributed by atoms with Crippen LogP contribution in [0.1, 0.15) is 58.1 Å². The summed E-state index contributed by atoms with van der Waals surface area (Å²) in [5.41, 5.74) is 2.44. The summed E-state index contributed by atoms with van der Waals surface area (Å²) in [4.78, 5) is 0. The summed E-state index contributed by atoms with van der Waals surface area (Å²) in [5.74, 6) is 1.66. The van der Waals surface area contributed by atoms with Crippen molar-refractivity contribution in [2.45, 2.75) is 60.0 Å². The van der Waals surface area contributed by atoms with Gasteiger partial charge in [-0.2, -0.15) is 0 Å². The molecule has 2 rings (SSSR count). The maximum atomic E-state index is 5.75. The Morgan fingerprint density at radius 1 is 0.742 bits per heavy atom. The van der Waals surface area contributed by atoms with E-state index in [0.717, 1.165) is 57.0 Å². The van der Waals surface area contributed by atoms with Crippen molar-refractivity contribution >= 4 is 15.9 Å². The van der Waals surface area contributed by atoms with E-state index in [1.54, 1.807) is 0 Å². The van der Waals surface area contributed by atoms with E-state index in [2.05, 4.69) is 19.9 Å². The van der Waals surface area contributed by atoms with Crippen molar-refractivity contribution in [3.8, 4) is 11.5 Å². The molecular weight excluding hydrogens is 415 g/mol. The molecule has 0 spiro atoms. The number of benzene rings is 1. The first-order valence-electron chi connectivity index (χ1n) is 11.5. The Labute approximate surface area is 195 Å². The summed E-state index contributed by atoms with van der Waals surface area (Å²) in [6.45, 7) is 13.9. The van der Waals surface area contributed by atoms with Crippen LogP contribution in [0.5, 0.6) is 11.5 Å². The Bertz CT molecular complexity index is 553. The molecule has 0 N–H and O–H groups in total. The second kappa shape index (κ2) is 19.8. The van der Waals surface area contributed by atoms with Crippen LogP contribution in [0.25, 0.3) is 0 Å². The van der Waals surface area contributed by atoms with Gasteiger partial charge >= 0.3 is 15.9 Å². The van der Waals surface area contributed by atoms with Crippen molar-refractivity contribution in [2.24, 2.45) is 0 Å². The van der Waals surface area contributed by atoms with Gasteiger partial charge in [0.25, 0.3) is 0 Å². The average molecular weight is 456 g/mol. The lowest BCUT2D eigenvalue weighted by Crippen LogP contribution is -2.10. The van der Waals surface area contributed by atoms with Gasteiger partial charge in [0.05, 0.1) is 33.0 Å². The summed E-state index contributed by atoms with van der Waals surface area (Å²) in [6.07, 6.45) is 4.38. The highest BCUT2D eigenvalue weighted by Gasteiger charge is 2.16. The van der Waals surface area contributed by atoms with Gasteiger partial charge in [-0.15, -0.1) is 0 Å². The van der Waals surface area contributed by atoms with Crippen molar-refractivity contribution in [1.29, 1.82) is 0 Å². The minimum absolute atomic E-state index is 0.178. The monoisotopic (exact) mass is 455 g/mol. The Morgan fingerprint density at radius 3 is 1.90 bits per heavy atom. The van der Waals surface area contributed by atoms with Crippen LogP contribution in [0.2, 0.25) is 0 Å². The van der Waals surface area contributed by atoms with Crippen LogP contribution in [0.15, 0.2) is 12.1 Å². The van der Waals surface area contributed by atoms with Crippen LogP contribution < -0.4 is 9.47 Å². The van der Waals surface area contributed by atoms with Crippen molar-refractivity contribution in [1.82, 2.24) is 0 Å². The number of hydrogen-bond donors (Lipinski definition) is 0. The Hall–Kier alpha value is -0.848. The largest absolute Gasteiger partial charge is 0.668 e. The number of ether oxygens (including phenoxy) is 5. The molecule has 0 aromatic heterocycles. The predicted octanol–water partition coefficient (Wildman–Crippen LogP) is 4.31. The Kier molecular flexibility index (Phi) is 18.0. The Morgan fingerprint density at radius 2 is 1.32 bits per heavy atom. The maximum Gasteiger partial charge on any atom is 0.668 e. The first kappa shape index (κ1) is 28.2. The van der Waals surface area contributed by atoms with Gasteiger partial charge in [0, 0.05) is 19.8 Å². The third-order valence-electron chi connectivity index (χ3n) is 4.33. The number of unbranched alkanes of at least 4 members (excludes halogenated alkanes) is 1. The highest BCUT2D eigenvalue weighted by Crippen LogP contribution is 2.35.